The highest BCUT2D eigenvalue weighted by molar-refractivity contribution is 5.98. The summed E-state index contributed by atoms with van der Waals surface area (Å²) in [7, 11) is 0. The van der Waals surface area contributed by atoms with E-state index in [1.807, 2.05) is 60.7 Å². The van der Waals surface area contributed by atoms with E-state index in [0.717, 1.165) is 41.5 Å². The zero-order chi connectivity index (χ0) is 24.4. The number of benzene rings is 3. The number of alkyl carbamates (subject to hydrolysis) is 1. The fourth-order valence-electron chi connectivity index (χ4n) is 5.05. The Morgan fingerprint density at radius 1 is 0.914 bits per heavy atom. The van der Waals surface area contributed by atoms with E-state index in [1.54, 1.807) is 6.07 Å². The lowest BCUT2D eigenvalue weighted by atomic mass is 9.98. The van der Waals surface area contributed by atoms with Crippen LogP contribution in [0.5, 0.6) is 0 Å². The van der Waals surface area contributed by atoms with Crippen molar-refractivity contribution in [3.05, 3.63) is 89.0 Å². The second kappa shape index (κ2) is 9.62. The summed E-state index contributed by atoms with van der Waals surface area (Å²) in [5.74, 6) is -1.93. The number of amides is 2. The van der Waals surface area contributed by atoms with E-state index in [4.69, 9.17) is 4.74 Å². The molecule has 3 aromatic rings. The lowest BCUT2D eigenvalue weighted by molar-refractivity contribution is -0.139. The van der Waals surface area contributed by atoms with Crippen LogP contribution >= 0.6 is 0 Å². The summed E-state index contributed by atoms with van der Waals surface area (Å²) in [5.41, 5.74) is 7.38. The third-order valence-corrected chi connectivity index (χ3v) is 6.70. The van der Waals surface area contributed by atoms with Gasteiger partial charge in [-0.1, -0.05) is 54.6 Å². The summed E-state index contributed by atoms with van der Waals surface area (Å²) < 4.78 is 5.49. The predicted molar refractivity (Wildman–Crippen MR) is 131 cm³/mol. The van der Waals surface area contributed by atoms with E-state index in [2.05, 4.69) is 10.6 Å². The summed E-state index contributed by atoms with van der Waals surface area (Å²) >= 11 is 0. The van der Waals surface area contributed by atoms with Crippen molar-refractivity contribution in [1.82, 2.24) is 5.32 Å². The Labute approximate surface area is 203 Å². The van der Waals surface area contributed by atoms with Crippen LogP contribution < -0.4 is 10.6 Å². The lowest BCUT2D eigenvalue weighted by Crippen LogP contribution is -2.45. The minimum absolute atomic E-state index is 0.0755. The Kier molecular flexibility index (Phi) is 6.23. The highest BCUT2D eigenvalue weighted by Crippen LogP contribution is 2.44. The van der Waals surface area contributed by atoms with Gasteiger partial charge in [-0.3, -0.25) is 9.59 Å². The van der Waals surface area contributed by atoms with E-state index < -0.39 is 30.4 Å². The van der Waals surface area contributed by atoms with Gasteiger partial charge in [-0.15, -0.1) is 0 Å². The molecule has 0 saturated carbocycles. The molecule has 1 unspecified atom stereocenters. The first-order valence-electron chi connectivity index (χ1n) is 11.8. The summed E-state index contributed by atoms with van der Waals surface area (Å²) in [6.07, 6.45) is 1.67. The molecule has 0 aromatic heterocycles. The number of anilines is 1. The average molecular weight is 471 g/mol. The van der Waals surface area contributed by atoms with Crippen LogP contribution in [0, 0.1) is 0 Å². The van der Waals surface area contributed by atoms with Crippen LogP contribution in [0.2, 0.25) is 0 Å². The number of rotatable bonds is 7. The van der Waals surface area contributed by atoms with Crippen LogP contribution in [-0.4, -0.2) is 35.7 Å². The van der Waals surface area contributed by atoms with Crippen LogP contribution in [0.4, 0.5) is 10.5 Å². The van der Waals surface area contributed by atoms with Crippen LogP contribution in [0.25, 0.3) is 11.1 Å². The van der Waals surface area contributed by atoms with E-state index in [9.17, 15) is 19.5 Å². The first kappa shape index (κ1) is 22.7. The number of aliphatic carboxylic acids is 1. The number of ether oxygens (including phenoxy) is 1. The third-order valence-electron chi connectivity index (χ3n) is 6.70. The smallest absolute Gasteiger partial charge is 0.407 e. The monoisotopic (exact) mass is 470 g/mol. The van der Waals surface area contributed by atoms with E-state index in [-0.39, 0.29) is 12.5 Å². The van der Waals surface area contributed by atoms with Crippen LogP contribution in [0.3, 0.4) is 0 Å². The van der Waals surface area contributed by atoms with Gasteiger partial charge < -0.3 is 20.5 Å². The molecule has 2 aliphatic rings. The summed E-state index contributed by atoms with van der Waals surface area (Å²) in [6, 6.07) is 20.4. The second-order valence-electron chi connectivity index (χ2n) is 8.95. The van der Waals surface area contributed by atoms with Gasteiger partial charge in [0.2, 0.25) is 5.91 Å². The van der Waals surface area contributed by atoms with Gasteiger partial charge in [0.05, 0.1) is 6.42 Å². The van der Waals surface area contributed by atoms with Crippen molar-refractivity contribution in [3.8, 4) is 11.1 Å². The standard InChI is InChI=1S/C28H26N2O5/c31-26(32)15-25(27(33)29-19-13-12-17-6-5-7-18(17)14-19)30-28(34)35-16-24-22-10-3-1-8-20(22)21-9-2-4-11-23(21)24/h1-4,8-14,24-25H,5-7,15-16H2,(H,29,33)(H,30,34)(H,31,32). The SMILES string of the molecule is O=C(O)CC(NC(=O)OCC1c2ccccc2-c2ccccc21)C(=O)Nc1ccc2c(c1)CCC2. The van der Waals surface area contributed by atoms with E-state index >= 15 is 0 Å². The van der Waals surface area contributed by atoms with Crippen molar-refractivity contribution >= 4 is 23.7 Å². The predicted octanol–water partition coefficient (Wildman–Crippen LogP) is 4.50. The van der Waals surface area contributed by atoms with E-state index in [1.165, 1.54) is 11.1 Å². The normalized spacial score (nSPS) is 14.4. The maximum Gasteiger partial charge on any atom is 0.407 e. The van der Waals surface area contributed by atoms with Gasteiger partial charge in [-0.2, -0.15) is 0 Å². The maximum atomic E-state index is 12.8. The molecule has 1 atom stereocenters. The number of hydrogen-bond donors (Lipinski definition) is 3. The first-order valence-corrected chi connectivity index (χ1v) is 11.8. The number of fused-ring (bicyclic) bond motifs is 4. The Morgan fingerprint density at radius 2 is 1.57 bits per heavy atom. The van der Waals surface area contributed by atoms with Crippen molar-refractivity contribution in [3.63, 3.8) is 0 Å². The minimum Gasteiger partial charge on any atom is -0.481 e. The van der Waals surface area contributed by atoms with Crippen LogP contribution in [0.1, 0.15) is 41.0 Å². The fourth-order valence-corrected chi connectivity index (χ4v) is 5.05. The first-order chi connectivity index (χ1) is 17.0. The van der Waals surface area contributed by atoms with Crippen molar-refractivity contribution in [2.24, 2.45) is 0 Å². The lowest BCUT2D eigenvalue weighted by Gasteiger charge is -2.19. The molecule has 35 heavy (non-hydrogen) atoms. The maximum absolute atomic E-state index is 12.8. The molecule has 0 radical (unpaired) electrons. The quantitative estimate of drug-likeness (QED) is 0.472. The molecule has 7 heteroatoms. The van der Waals surface area contributed by atoms with Gasteiger partial charge in [-0.05, 0) is 64.8 Å². The molecular weight excluding hydrogens is 444 g/mol. The molecule has 3 aromatic carbocycles. The van der Waals surface area contributed by atoms with Gasteiger partial charge in [0.1, 0.15) is 12.6 Å². The fraction of sp³-hybridized carbons (Fsp3) is 0.250. The molecule has 5 rings (SSSR count). The zero-order valence-electron chi connectivity index (χ0n) is 19.1. The molecule has 2 amide bonds. The largest absolute Gasteiger partial charge is 0.481 e. The van der Waals surface area contributed by atoms with Crippen LogP contribution in [-0.2, 0) is 27.2 Å². The van der Waals surface area contributed by atoms with Gasteiger partial charge in [0.25, 0.3) is 0 Å². The molecule has 0 spiro atoms. The zero-order valence-corrected chi connectivity index (χ0v) is 19.1. The molecule has 7 nitrogen and oxygen atoms in total. The number of aryl methyl sites for hydroxylation is 2. The molecule has 2 aliphatic carbocycles. The minimum atomic E-state index is -1.27. The van der Waals surface area contributed by atoms with E-state index in [0.29, 0.717) is 5.69 Å². The number of hydrogen-bond acceptors (Lipinski definition) is 4. The van der Waals surface area contributed by atoms with Crippen molar-refractivity contribution in [2.75, 3.05) is 11.9 Å². The number of carbonyl (C=O) groups excluding carboxylic acids is 2. The Bertz CT molecular complexity index is 1260. The average Bonchev–Trinajstić information content (AvgIpc) is 3.44. The van der Waals surface area contributed by atoms with Crippen molar-refractivity contribution < 1.29 is 24.2 Å². The van der Waals surface area contributed by atoms with Crippen molar-refractivity contribution in [2.45, 2.75) is 37.6 Å². The summed E-state index contributed by atoms with van der Waals surface area (Å²) in [4.78, 5) is 36.8. The molecule has 178 valence electrons. The highest BCUT2D eigenvalue weighted by Gasteiger charge is 2.30. The molecule has 0 bridgehead atoms. The molecule has 0 heterocycles. The molecular formula is C28H26N2O5. The van der Waals surface area contributed by atoms with Gasteiger partial charge >= 0.3 is 12.1 Å². The third kappa shape index (κ3) is 4.75. The Morgan fingerprint density at radius 3 is 2.26 bits per heavy atom. The topological polar surface area (TPSA) is 105 Å². The molecule has 0 saturated heterocycles. The Hall–Kier alpha value is -4.13. The number of carbonyl (C=O) groups is 3. The van der Waals surface area contributed by atoms with Gasteiger partial charge in [0, 0.05) is 11.6 Å². The number of carboxylic acids is 1. The molecule has 3 N–H and O–H groups in total. The summed E-state index contributed by atoms with van der Waals surface area (Å²) in [5, 5.41) is 14.5. The summed E-state index contributed by atoms with van der Waals surface area (Å²) in [6.45, 7) is 0.0755. The number of nitrogens with one attached hydrogen (secondary N) is 2. The second-order valence-corrected chi connectivity index (χ2v) is 8.95. The van der Waals surface area contributed by atoms with Crippen LogP contribution in [0.15, 0.2) is 66.7 Å². The van der Waals surface area contributed by atoms with Gasteiger partial charge in [0.15, 0.2) is 0 Å². The molecule has 0 fully saturated rings. The van der Waals surface area contributed by atoms with Gasteiger partial charge in [-0.25, -0.2) is 4.79 Å². The molecule has 0 aliphatic heterocycles. The number of carboxylic acid groups (broad SMARTS) is 1. The Balaban J connectivity index is 1.25. The highest BCUT2D eigenvalue weighted by atomic mass is 16.5. The van der Waals surface area contributed by atoms with Crippen molar-refractivity contribution in [1.29, 1.82) is 0 Å².